The Morgan fingerprint density at radius 2 is 1.92 bits per heavy atom. The van der Waals surface area contributed by atoms with E-state index in [4.69, 9.17) is 5.11 Å². The molecule has 132 valence electrons. The van der Waals surface area contributed by atoms with Crippen molar-refractivity contribution in [1.82, 2.24) is 15.2 Å². The van der Waals surface area contributed by atoms with Crippen LogP contribution in [0.1, 0.15) is 36.1 Å². The van der Waals surface area contributed by atoms with Gasteiger partial charge in [0.05, 0.1) is 12.1 Å². The van der Waals surface area contributed by atoms with Crippen LogP contribution in [-0.4, -0.2) is 41.2 Å². The number of nitrogens with one attached hydrogen (secondary N) is 2. The van der Waals surface area contributed by atoms with Crippen LogP contribution in [0.2, 0.25) is 0 Å². The molecule has 0 saturated carbocycles. The van der Waals surface area contributed by atoms with E-state index in [0.29, 0.717) is 18.7 Å². The molecule has 0 unspecified atom stereocenters. The molecule has 2 rings (SSSR count). The maximum absolute atomic E-state index is 12.3. The van der Waals surface area contributed by atoms with Gasteiger partial charge in [0.2, 0.25) is 0 Å². The van der Waals surface area contributed by atoms with Crippen LogP contribution in [0.25, 0.3) is 10.9 Å². The molecule has 3 N–H and O–H groups in total. The number of aromatic nitrogens is 1. The van der Waals surface area contributed by atoms with Gasteiger partial charge in [0.25, 0.3) is 5.56 Å². The van der Waals surface area contributed by atoms with Crippen LogP contribution in [0, 0.1) is 13.8 Å². The Labute approximate surface area is 143 Å². The average Bonchev–Trinajstić information content (AvgIpc) is 2.57. The van der Waals surface area contributed by atoms with Gasteiger partial charge in [-0.2, -0.15) is 0 Å². The van der Waals surface area contributed by atoms with Crippen LogP contribution in [-0.2, 0) is 13.1 Å². The zero-order chi connectivity index (χ0) is 17.7. The summed E-state index contributed by atoms with van der Waals surface area (Å²) < 4.78 is 0. The number of H-pyrrole nitrogens is 1. The van der Waals surface area contributed by atoms with Crippen molar-refractivity contribution in [1.29, 1.82) is 0 Å². The normalized spacial score (nSPS) is 11.6. The van der Waals surface area contributed by atoms with Gasteiger partial charge < -0.3 is 15.4 Å². The Kier molecular flexibility index (Phi) is 6.54. The number of hydrogen-bond donors (Lipinski definition) is 3. The quantitative estimate of drug-likeness (QED) is 0.648. The molecule has 0 spiro atoms. The van der Waals surface area contributed by atoms with Crippen LogP contribution >= 0.6 is 0 Å². The minimum absolute atomic E-state index is 0.0614. The van der Waals surface area contributed by atoms with Gasteiger partial charge in [-0.25, -0.2) is 0 Å². The minimum atomic E-state index is -0.0614. The van der Waals surface area contributed by atoms with E-state index >= 15 is 0 Å². The Hall–Kier alpha value is -1.69. The zero-order valence-corrected chi connectivity index (χ0v) is 15.2. The number of hydrogen-bond acceptors (Lipinski definition) is 4. The lowest BCUT2D eigenvalue weighted by Crippen LogP contribution is -2.24. The average molecular weight is 331 g/mol. The Morgan fingerprint density at radius 3 is 2.54 bits per heavy atom. The predicted octanol–water partition coefficient (Wildman–Crippen LogP) is 2.07. The molecule has 0 bridgehead atoms. The Morgan fingerprint density at radius 1 is 1.21 bits per heavy atom. The van der Waals surface area contributed by atoms with E-state index in [0.717, 1.165) is 36.1 Å². The molecule has 2 aromatic rings. The fraction of sp³-hybridized carbons (Fsp3) is 0.526. The summed E-state index contributed by atoms with van der Waals surface area (Å²) in [5.41, 5.74) is 5.28. The Bertz CT molecular complexity index is 748. The highest BCUT2D eigenvalue weighted by Crippen LogP contribution is 2.24. The maximum atomic E-state index is 12.3. The summed E-state index contributed by atoms with van der Waals surface area (Å²) in [7, 11) is 0. The topological polar surface area (TPSA) is 68.4 Å². The van der Waals surface area contributed by atoms with Crippen molar-refractivity contribution in [2.24, 2.45) is 0 Å². The number of nitrogens with zero attached hydrogens (tertiary/aromatic N) is 1. The van der Waals surface area contributed by atoms with E-state index in [-0.39, 0.29) is 12.2 Å². The molecule has 0 aliphatic carbocycles. The molecular formula is C19H29N3O2. The second-order valence-corrected chi connectivity index (χ2v) is 6.25. The lowest BCUT2D eigenvalue weighted by molar-refractivity contribution is 0.292. The first-order valence-corrected chi connectivity index (χ1v) is 8.70. The number of aryl methyl sites for hydroxylation is 2. The van der Waals surface area contributed by atoms with E-state index in [1.807, 2.05) is 6.07 Å². The van der Waals surface area contributed by atoms with Crippen LogP contribution in [0.3, 0.4) is 0 Å². The van der Waals surface area contributed by atoms with Crippen LogP contribution < -0.4 is 10.9 Å². The largest absolute Gasteiger partial charge is 0.395 e. The second-order valence-electron chi connectivity index (χ2n) is 6.25. The minimum Gasteiger partial charge on any atom is -0.395 e. The van der Waals surface area contributed by atoms with Crippen molar-refractivity contribution in [3.05, 3.63) is 44.7 Å². The molecule has 1 heterocycles. The van der Waals surface area contributed by atoms with E-state index in [2.05, 4.69) is 49.0 Å². The molecule has 5 heteroatoms. The second kappa shape index (κ2) is 8.42. The maximum Gasteiger partial charge on any atom is 0.252 e. The first kappa shape index (κ1) is 18.6. The predicted molar refractivity (Wildman–Crippen MR) is 99.5 cm³/mol. The third kappa shape index (κ3) is 4.04. The fourth-order valence-corrected chi connectivity index (χ4v) is 3.13. The van der Waals surface area contributed by atoms with Crippen molar-refractivity contribution in [2.45, 2.75) is 40.8 Å². The van der Waals surface area contributed by atoms with Gasteiger partial charge in [-0.15, -0.1) is 0 Å². The molecular weight excluding hydrogens is 302 g/mol. The third-order valence-corrected chi connectivity index (χ3v) is 4.70. The van der Waals surface area contributed by atoms with E-state index in [1.54, 1.807) is 0 Å². The van der Waals surface area contributed by atoms with Crippen LogP contribution in [0.4, 0.5) is 0 Å². The number of aromatic amines is 1. The van der Waals surface area contributed by atoms with Gasteiger partial charge in [0.15, 0.2) is 0 Å². The van der Waals surface area contributed by atoms with Crippen molar-refractivity contribution in [3.8, 4) is 0 Å². The molecule has 0 atom stereocenters. The van der Waals surface area contributed by atoms with Gasteiger partial charge in [-0.1, -0.05) is 13.8 Å². The van der Waals surface area contributed by atoms with Crippen molar-refractivity contribution in [2.75, 3.05) is 26.2 Å². The molecule has 0 aliphatic heterocycles. The summed E-state index contributed by atoms with van der Waals surface area (Å²) in [6.07, 6.45) is 0. The van der Waals surface area contributed by atoms with Crippen molar-refractivity contribution < 1.29 is 5.11 Å². The number of benzene rings is 1. The van der Waals surface area contributed by atoms with E-state index in [1.165, 1.54) is 11.1 Å². The smallest absolute Gasteiger partial charge is 0.252 e. The molecule has 0 fully saturated rings. The number of aliphatic hydroxyl groups is 1. The number of aliphatic hydroxyl groups excluding tert-OH is 1. The molecule has 1 aromatic heterocycles. The highest BCUT2D eigenvalue weighted by atomic mass is 16.3. The first-order valence-electron chi connectivity index (χ1n) is 8.70. The highest BCUT2D eigenvalue weighted by Gasteiger charge is 2.13. The zero-order valence-electron chi connectivity index (χ0n) is 15.2. The third-order valence-electron chi connectivity index (χ3n) is 4.70. The summed E-state index contributed by atoms with van der Waals surface area (Å²) >= 11 is 0. The highest BCUT2D eigenvalue weighted by molar-refractivity contribution is 5.84. The SMILES string of the molecule is CCN(CC)Cc1c(C)cc2cc(CNCCO)c(=O)[nH]c2c1C. The van der Waals surface area contributed by atoms with E-state index in [9.17, 15) is 4.79 Å². The van der Waals surface area contributed by atoms with Crippen LogP contribution in [0.15, 0.2) is 16.9 Å². The molecule has 0 amide bonds. The van der Waals surface area contributed by atoms with Gasteiger partial charge >= 0.3 is 0 Å². The van der Waals surface area contributed by atoms with Gasteiger partial charge in [-0.3, -0.25) is 9.69 Å². The lowest BCUT2D eigenvalue weighted by Gasteiger charge is -2.22. The monoisotopic (exact) mass is 331 g/mol. The lowest BCUT2D eigenvalue weighted by atomic mass is 9.97. The fourth-order valence-electron chi connectivity index (χ4n) is 3.13. The Balaban J connectivity index is 2.44. The summed E-state index contributed by atoms with van der Waals surface area (Å²) in [5, 5.41) is 13.0. The van der Waals surface area contributed by atoms with Gasteiger partial charge in [-0.05, 0) is 61.1 Å². The molecule has 24 heavy (non-hydrogen) atoms. The number of fused-ring (bicyclic) bond motifs is 1. The summed E-state index contributed by atoms with van der Waals surface area (Å²) in [6.45, 7) is 12.5. The van der Waals surface area contributed by atoms with Crippen molar-refractivity contribution in [3.63, 3.8) is 0 Å². The van der Waals surface area contributed by atoms with Gasteiger partial charge in [0.1, 0.15) is 0 Å². The summed E-state index contributed by atoms with van der Waals surface area (Å²) in [5.74, 6) is 0. The molecule has 0 radical (unpaired) electrons. The molecule has 0 aliphatic rings. The first-order chi connectivity index (χ1) is 11.5. The van der Waals surface area contributed by atoms with Gasteiger partial charge in [0, 0.05) is 25.2 Å². The van der Waals surface area contributed by atoms with Crippen molar-refractivity contribution >= 4 is 10.9 Å². The molecule has 0 saturated heterocycles. The summed E-state index contributed by atoms with van der Waals surface area (Å²) in [4.78, 5) is 17.8. The standard InChI is InChI=1S/C19H29N3O2/c1-5-22(6-2)12-17-13(3)9-15-10-16(11-20-7-8-23)19(24)21-18(15)14(17)4/h9-10,20,23H,5-8,11-12H2,1-4H3,(H,21,24). The van der Waals surface area contributed by atoms with E-state index < -0.39 is 0 Å². The summed E-state index contributed by atoms with van der Waals surface area (Å²) in [6, 6.07) is 4.12. The van der Waals surface area contributed by atoms with Crippen LogP contribution in [0.5, 0.6) is 0 Å². The molecule has 1 aromatic carbocycles. The molecule has 5 nitrogen and oxygen atoms in total. The number of pyridine rings is 1. The number of rotatable bonds is 8.